The Balaban J connectivity index is 1.74. The first-order valence-electron chi connectivity index (χ1n) is 11.5. The van der Waals surface area contributed by atoms with Crippen LogP contribution in [0.3, 0.4) is 0 Å². The number of tetrazole rings is 1. The lowest BCUT2D eigenvalue weighted by Crippen LogP contribution is -2.49. The first-order valence-corrected chi connectivity index (χ1v) is 11.5. The van der Waals surface area contributed by atoms with Gasteiger partial charge in [0.15, 0.2) is 5.82 Å². The molecule has 0 aliphatic carbocycles. The summed E-state index contributed by atoms with van der Waals surface area (Å²) in [4.78, 5) is 4.87. The Morgan fingerprint density at radius 2 is 1.70 bits per heavy atom. The van der Waals surface area contributed by atoms with E-state index in [0.29, 0.717) is 0 Å². The van der Waals surface area contributed by atoms with Crippen LogP contribution in [0.5, 0.6) is 11.5 Å². The normalized spacial score (nSPS) is 16.0. The maximum absolute atomic E-state index is 5.79. The zero-order chi connectivity index (χ0) is 23.4. The molecule has 0 amide bonds. The second-order valence-electron chi connectivity index (χ2n) is 8.98. The third-order valence-electron chi connectivity index (χ3n) is 6.71. The summed E-state index contributed by atoms with van der Waals surface area (Å²) in [6, 6.07) is 16.3. The van der Waals surface area contributed by atoms with Crippen molar-refractivity contribution < 1.29 is 9.47 Å². The highest BCUT2D eigenvalue weighted by Crippen LogP contribution is 2.38. The van der Waals surface area contributed by atoms with E-state index in [0.717, 1.165) is 55.5 Å². The van der Waals surface area contributed by atoms with Crippen LogP contribution in [0.25, 0.3) is 0 Å². The minimum absolute atomic E-state index is 0.159. The molecule has 0 radical (unpaired) electrons. The minimum atomic E-state index is -0.213. The van der Waals surface area contributed by atoms with Gasteiger partial charge in [-0.1, -0.05) is 25.1 Å². The van der Waals surface area contributed by atoms with E-state index in [-0.39, 0.29) is 11.6 Å². The van der Waals surface area contributed by atoms with E-state index in [9.17, 15) is 0 Å². The molecule has 1 atom stereocenters. The van der Waals surface area contributed by atoms with Crippen molar-refractivity contribution in [3.63, 3.8) is 0 Å². The third-order valence-corrected chi connectivity index (χ3v) is 6.71. The molecule has 2 heterocycles. The molecule has 3 aromatic rings. The average Bonchev–Trinajstić information content (AvgIpc) is 3.35. The van der Waals surface area contributed by atoms with Crippen LogP contribution in [0.15, 0.2) is 48.5 Å². The molecule has 0 N–H and O–H groups in total. The van der Waals surface area contributed by atoms with Crippen LogP contribution in [-0.2, 0) is 5.54 Å². The van der Waals surface area contributed by atoms with Crippen LogP contribution in [0.2, 0.25) is 0 Å². The van der Waals surface area contributed by atoms with Gasteiger partial charge < -0.3 is 14.4 Å². The van der Waals surface area contributed by atoms with Gasteiger partial charge in [0, 0.05) is 37.4 Å². The second kappa shape index (κ2) is 9.79. The fraction of sp³-hybridized carbons (Fsp3) is 0.480. The predicted molar refractivity (Wildman–Crippen MR) is 129 cm³/mol. The van der Waals surface area contributed by atoms with Gasteiger partial charge in [-0.2, -0.15) is 0 Å². The van der Waals surface area contributed by atoms with Gasteiger partial charge in [0.05, 0.1) is 19.8 Å². The maximum Gasteiger partial charge on any atom is 0.173 e. The third kappa shape index (κ3) is 4.66. The highest BCUT2D eigenvalue weighted by Gasteiger charge is 2.36. The van der Waals surface area contributed by atoms with Crippen LogP contribution < -0.4 is 14.4 Å². The molecule has 8 nitrogen and oxygen atoms in total. The van der Waals surface area contributed by atoms with Crippen LogP contribution in [0, 0.1) is 0 Å². The molecule has 2 aromatic carbocycles. The Labute approximate surface area is 196 Å². The number of anilines is 1. The largest absolute Gasteiger partial charge is 0.497 e. The van der Waals surface area contributed by atoms with E-state index in [1.54, 1.807) is 14.2 Å². The Hall–Kier alpha value is -3.13. The molecular formula is C25H34N6O2. The molecule has 8 heteroatoms. The summed E-state index contributed by atoms with van der Waals surface area (Å²) in [5.74, 6) is 2.41. The predicted octanol–water partition coefficient (Wildman–Crippen LogP) is 3.75. The second-order valence-corrected chi connectivity index (χ2v) is 8.98. The van der Waals surface area contributed by atoms with Crippen molar-refractivity contribution in [3.8, 4) is 11.5 Å². The molecule has 0 bridgehead atoms. The minimum Gasteiger partial charge on any atom is -0.497 e. The lowest BCUT2D eigenvalue weighted by atomic mass is 9.98. The first kappa shape index (κ1) is 23.0. The fourth-order valence-electron chi connectivity index (χ4n) is 4.37. The number of para-hydroxylation sites is 1. The number of hydrogen-bond acceptors (Lipinski definition) is 7. The molecule has 0 unspecified atom stereocenters. The number of rotatable bonds is 8. The van der Waals surface area contributed by atoms with E-state index in [2.05, 4.69) is 76.4 Å². The van der Waals surface area contributed by atoms with E-state index in [4.69, 9.17) is 9.47 Å². The highest BCUT2D eigenvalue weighted by atomic mass is 16.5. The summed E-state index contributed by atoms with van der Waals surface area (Å²) >= 11 is 0. The summed E-state index contributed by atoms with van der Waals surface area (Å²) in [5.41, 5.74) is 2.05. The molecule has 0 saturated carbocycles. The molecule has 1 aliphatic heterocycles. The van der Waals surface area contributed by atoms with Gasteiger partial charge in [0.2, 0.25) is 0 Å². The summed E-state index contributed by atoms with van der Waals surface area (Å²) in [6.07, 6.45) is 0.911. The first-order chi connectivity index (χ1) is 16.0. The van der Waals surface area contributed by atoms with Gasteiger partial charge in [-0.3, -0.25) is 4.90 Å². The number of benzene rings is 2. The molecular weight excluding hydrogens is 416 g/mol. The van der Waals surface area contributed by atoms with Crippen LogP contribution in [0.1, 0.15) is 44.6 Å². The fourth-order valence-corrected chi connectivity index (χ4v) is 4.37. The van der Waals surface area contributed by atoms with Gasteiger partial charge in [0.25, 0.3) is 0 Å². The Kier molecular flexibility index (Phi) is 6.83. The quantitative estimate of drug-likeness (QED) is 0.518. The number of hydrogen-bond donors (Lipinski definition) is 0. The molecule has 1 saturated heterocycles. The topological polar surface area (TPSA) is 68.5 Å². The molecule has 176 valence electrons. The average molecular weight is 451 g/mol. The van der Waals surface area contributed by atoms with E-state index in [1.165, 1.54) is 5.69 Å². The smallest absolute Gasteiger partial charge is 0.173 e. The molecule has 4 rings (SSSR count). The number of aromatic nitrogens is 4. The van der Waals surface area contributed by atoms with E-state index < -0.39 is 0 Å². The van der Waals surface area contributed by atoms with Crippen LogP contribution >= 0.6 is 0 Å². The van der Waals surface area contributed by atoms with Crippen molar-refractivity contribution in [1.29, 1.82) is 0 Å². The van der Waals surface area contributed by atoms with Crippen molar-refractivity contribution in [3.05, 3.63) is 59.9 Å². The van der Waals surface area contributed by atoms with E-state index >= 15 is 0 Å². The molecule has 1 aliphatic rings. The Morgan fingerprint density at radius 3 is 2.33 bits per heavy atom. The lowest BCUT2D eigenvalue weighted by Gasteiger charge is -2.40. The van der Waals surface area contributed by atoms with E-state index in [1.807, 2.05) is 22.9 Å². The lowest BCUT2D eigenvalue weighted by molar-refractivity contribution is 0.184. The van der Waals surface area contributed by atoms with Gasteiger partial charge in [-0.15, -0.1) is 5.10 Å². The molecule has 1 aromatic heterocycles. The monoisotopic (exact) mass is 450 g/mol. The molecule has 0 spiro atoms. The Morgan fingerprint density at radius 1 is 0.970 bits per heavy atom. The zero-order valence-corrected chi connectivity index (χ0v) is 20.2. The highest BCUT2D eigenvalue weighted by molar-refractivity contribution is 5.47. The SMILES string of the molecule is CCC(C)(C)n1nnnc1[C@H](c1cc(OC)ccc1OC)N1CCN(c2ccccc2)CC1. The Bertz CT molecular complexity index is 1040. The van der Waals surface area contributed by atoms with Crippen LogP contribution in [-0.4, -0.2) is 65.5 Å². The van der Waals surface area contributed by atoms with Gasteiger partial charge >= 0.3 is 0 Å². The zero-order valence-electron chi connectivity index (χ0n) is 20.2. The maximum atomic E-state index is 5.79. The van der Waals surface area contributed by atoms with Gasteiger partial charge in [0.1, 0.15) is 17.5 Å². The van der Waals surface area contributed by atoms with Crippen molar-refractivity contribution in [1.82, 2.24) is 25.1 Å². The summed E-state index contributed by atoms with van der Waals surface area (Å²) in [7, 11) is 3.39. The number of piperazine rings is 1. The number of nitrogens with zero attached hydrogens (tertiary/aromatic N) is 6. The van der Waals surface area contributed by atoms with Gasteiger partial charge in [-0.05, 0) is 61.0 Å². The summed E-state index contributed by atoms with van der Waals surface area (Å²) < 4.78 is 13.3. The van der Waals surface area contributed by atoms with Gasteiger partial charge in [-0.25, -0.2) is 4.68 Å². The van der Waals surface area contributed by atoms with Crippen molar-refractivity contribution in [2.24, 2.45) is 0 Å². The number of ether oxygens (including phenoxy) is 2. The standard InChI is InChI=1S/C25H34N6O2/c1-6-25(2,3)31-24(26-27-28-31)23(21-18-20(32-4)12-13-22(21)33-5)30-16-14-29(15-17-30)19-10-8-7-9-11-19/h7-13,18,23H,6,14-17H2,1-5H3/t23-/m0/s1. The molecule has 1 fully saturated rings. The van der Waals surface area contributed by atoms with Crippen molar-refractivity contribution in [2.45, 2.75) is 38.8 Å². The van der Waals surface area contributed by atoms with Crippen LogP contribution in [0.4, 0.5) is 5.69 Å². The summed E-state index contributed by atoms with van der Waals surface area (Å²) in [6.45, 7) is 10.1. The van der Waals surface area contributed by atoms with Crippen molar-refractivity contribution >= 4 is 5.69 Å². The number of methoxy groups -OCH3 is 2. The summed E-state index contributed by atoms with van der Waals surface area (Å²) in [5, 5.41) is 13.0. The molecule has 33 heavy (non-hydrogen) atoms. The van der Waals surface area contributed by atoms with Crippen molar-refractivity contribution in [2.75, 3.05) is 45.3 Å².